The zero-order valence-corrected chi connectivity index (χ0v) is 15.1. The fourth-order valence-corrected chi connectivity index (χ4v) is 3.02. The van der Waals surface area contributed by atoms with E-state index in [4.69, 9.17) is 4.52 Å². The van der Waals surface area contributed by atoms with E-state index < -0.39 is 0 Å². The Labute approximate surface area is 156 Å². The summed E-state index contributed by atoms with van der Waals surface area (Å²) in [5.74, 6) is 1.15. The van der Waals surface area contributed by atoms with Crippen molar-refractivity contribution in [2.24, 2.45) is 0 Å². The molecule has 0 saturated heterocycles. The van der Waals surface area contributed by atoms with Crippen LogP contribution in [0, 0.1) is 0 Å². The Morgan fingerprint density at radius 3 is 2.74 bits per heavy atom. The molecule has 1 amide bonds. The minimum atomic E-state index is -0.0453. The Kier molecular flexibility index (Phi) is 4.70. The number of carbonyl (C=O) groups excluding carboxylic acids is 1. The lowest BCUT2D eigenvalue weighted by Gasteiger charge is -2.03. The average Bonchev–Trinajstić information content (AvgIpc) is 3.32. The first-order valence-corrected chi connectivity index (χ1v) is 8.89. The number of aryl methyl sites for hydroxylation is 2. The third-order valence-corrected chi connectivity index (χ3v) is 4.47. The topological polar surface area (TPSA) is 73.0 Å². The molecule has 4 rings (SSSR count). The highest BCUT2D eigenvalue weighted by atomic mass is 16.5. The molecular formula is C21H20N4O2. The zero-order valence-electron chi connectivity index (χ0n) is 15.1. The van der Waals surface area contributed by atoms with Gasteiger partial charge in [0, 0.05) is 43.7 Å². The van der Waals surface area contributed by atoms with Gasteiger partial charge in [-0.2, -0.15) is 4.98 Å². The SMILES string of the molecule is CC(=O)NCc1ccc(-c2nc(CCn3ccc4ccccc43)no2)cc1. The second-order valence-corrected chi connectivity index (χ2v) is 6.44. The second kappa shape index (κ2) is 7.45. The van der Waals surface area contributed by atoms with Crippen LogP contribution in [0.1, 0.15) is 18.3 Å². The van der Waals surface area contributed by atoms with Crippen molar-refractivity contribution in [2.45, 2.75) is 26.4 Å². The second-order valence-electron chi connectivity index (χ2n) is 6.44. The fourth-order valence-electron chi connectivity index (χ4n) is 3.02. The minimum absolute atomic E-state index is 0.0453. The van der Waals surface area contributed by atoms with E-state index >= 15 is 0 Å². The van der Waals surface area contributed by atoms with Crippen LogP contribution in [0.2, 0.25) is 0 Å². The molecule has 4 aromatic rings. The number of carbonyl (C=O) groups is 1. The van der Waals surface area contributed by atoms with Crippen LogP contribution in [-0.4, -0.2) is 20.6 Å². The molecule has 0 radical (unpaired) electrons. The fraction of sp³-hybridized carbons (Fsp3) is 0.190. The van der Waals surface area contributed by atoms with Crippen molar-refractivity contribution in [3.63, 3.8) is 0 Å². The molecule has 0 aliphatic heterocycles. The highest BCUT2D eigenvalue weighted by Crippen LogP contribution is 2.19. The number of fused-ring (bicyclic) bond motifs is 1. The van der Waals surface area contributed by atoms with Crippen molar-refractivity contribution in [1.29, 1.82) is 0 Å². The average molecular weight is 360 g/mol. The lowest BCUT2D eigenvalue weighted by Crippen LogP contribution is -2.18. The molecule has 6 nitrogen and oxygen atoms in total. The normalized spacial score (nSPS) is 11.0. The Bertz CT molecular complexity index is 1060. The summed E-state index contributed by atoms with van der Waals surface area (Å²) in [5.41, 5.74) is 3.09. The maximum atomic E-state index is 11.0. The van der Waals surface area contributed by atoms with Crippen LogP contribution < -0.4 is 5.32 Å². The number of benzene rings is 2. The highest BCUT2D eigenvalue weighted by Gasteiger charge is 2.10. The smallest absolute Gasteiger partial charge is 0.257 e. The van der Waals surface area contributed by atoms with Crippen molar-refractivity contribution in [1.82, 2.24) is 20.0 Å². The standard InChI is InChI=1S/C21H20N4O2/c1-15(26)22-14-16-6-8-18(9-7-16)21-23-20(24-27-21)11-13-25-12-10-17-4-2-3-5-19(17)25/h2-10,12H,11,13-14H2,1H3,(H,22,26). The van der Waals surface area contributed by atoms with Gasteiger partial charge in [0.25, 0.3) is 5.89 Å². The molecule has 2 aromatic heterocycles. The van der Waals surface area contributed by atoms with Crippen molar-refractivity contribution < 1.29 is 9.32 Å². The van der Waals surface area contributed by atoms with E-state index in [1.54, 1.807) is 0 Å². The van der Waals surface area contributed by atoms with Crippen LogP contribution in [0.25, 0.3) is 22.4 Å². The van der Waals surface area contributed by atoms with Gasteiger partial charge in [-0.3, -0.25) is 4.79 Å². The van der Waals surface area contributed by atoms with E-state index in [0.717, 1.165) is 17.7 Å². The first-order chi connectivity index (χ1) is 13.2. The summed E-state index contributed by atoms with van der Waals surface area (Å²) in [7, 11) is 0. The van der Waals surface area contributed by atoms with Gasteiger partial charge in [-0.25, -0.2) is 0 Å². The van der Waals surface area contributed by atoms with E-state index in [9.17, 15) is 4.79 Å². The minimum Gasteiger partial charge on any atom is -0.352 e. The lowest BCUT2D eigenvalue weighted by atomic mass is 10.1. The largest absolute Gasteiger partial charge is 0.352 e. The predicted octanol–water partition coefficient (Wildman–Crippen LogP) is 3.57. The Hall–Kier alpha value is -3.41. The first kappa shape index (κ1) is 17.0. The van der Waals surface area contributed by atoms with Crippen molar-refractivity contribution in [3.05, 3.63) is 72.2 Å². The summed E-state index contributed by atoms with van der Waals surface area (Å²) in [6, 6.07) is 18.2. The summed E-state index contributed by atoms with van der Waals surface area (Å²) in [4.78, 5) is 15.5. The number of amides is 1. The molecule has 0 fully saturated rings. The molecule has 0 spiro atoms. The van der Waals surface area contributed by atoms with Crippen LogP contribution in [-0.2, 0) is 24.3 Å². The van der Waals surface area contributed by atoms with Crippen LogP contribution in [0.5, 0.6) is 0 Å². The maximum absolute atomic E-state index is 11.0. The van der Waals surface area contributed by atoms with E-state index in [2.05, 4.69) is 44.4 Å². The molecule has 2 heterocycles. The van der Waals surface area contributed by atoms with Gasteiger partial charge in [0.2, 0.25) is 5.91 Å². The van der Waals surface area contributed by atoms with Gasteiger partial charge in [0.05, 0.1) is 0 Å². The number of hydrogen-bond acceptors (Lipinski definition) is 4. The third kappa shape index (κ3) is 3.89. The number of nitrogens with one attached hydrogen (secondary N) is 1. The molecule has 27 heavy (non-hydrogen) atoms. The Balaban J connectivity index is 1.41. The molecule has 1 N–H and O–H groups in total. The lowest BCUT2D eigenvalue weighted by molar-refractivity contribution is -0.119. The highest BCUT2D eigenvalue weighted by molar-refractivity contribution is 5.79. The van der Waals surface area contributed by atoms with Crippen LogP contribution in [0.4, 0.5) is 0 Å². The molecule has 2 aromatic carbocycles. The van der Waals surface area contributed by atoms with Crippen LogP contribution >= 0.6 is 0 Å². The van der Waals surface area contributed by atoms with Gasteiger partial charge in [-0.1, -0.05) is 35.5 Å². The van der Waals surface area contributed by atoms with Crippen LogP contribution in [0.15, 0.2) is 65.3 Å². The van der Waals surface area contributed by atoms with E-state index in [1.807, 2.05) is 36.4 Å². The van der Waals surface area contributed by atoms with Gasteiger partial charge in [0.15, 0.2) is 5.82 Å². The third-order valence-electron chi connectivity index (χ3n) is 4.47. The Morgan fingerprint density at radius 2 is 1.93 bits per heavy atom. The summed E-state index contributed by atoms with van der Waals surface area (Å²) in [6.07, 6.45) is 2.78. The molecule has 0 atom stereocenters. The molecule has 0 bridgehead atoms. The van der Waals surface area contributed by atoms with E-state index in [1.165, 1.54) is 17.8 Å². The van der Waals surface area contributed by atoms with Gasteiger partial charge < -0.3 is 14.4 Å². The summed E-state index contributed by atoms with van der Waals surface area (Å²) in [5, 5.41) is 8.10. The summed E-state index contributed by atoms with van der Waals surface area (Å²) >= 11 is 0. The number of hydrogen-bond donors (Lipinski definition) is 1. The first-order valence-electron chi connectivity index (χ1n) is 8.89. The summed E-state index contributed by atoms with van der Waals surface area (Å²) in [6.45, 7) is 2.81. The van der Waals surface area contributed by atoms with Crippen molar-refractivity contribution in [2.75, 3.05) is 0 Å². The van der Waals surface area contributed by atoms with Gasteiger partial charge in [-0.05, 0) is 35.2 Å². The predicted molar refractivity (Wildman–Crippen MR) is 103 cm³/mol. The van der Waals surface area contributed by atoms with Crippen molar-refractivity contribution in [3.8, 4) is 11.5 Å². The maximum Gasteiger partial charge on any atom is 0.257 e. The van der Waals surface area contributed by atoms with Crippen molar-refractivity contribution >= 4 is 16.8 Å². The molecule has 136 valence electrons. The summed E-state index contributed by atoms with van der Waals surface area (Å²) < 4.78 is 7.60. The molecule has 0 saturated carbocycles. The van der Waals surface area contributed by atoms with Gasteiger partial charge >= 0.3 is 0 Å². The molecule has 0 unspecified atom stereocenters. The monoisotopic (exact) mass is 360 g/mol. The number of aromatic nitrogens is 3. The number of para-hydroxylation sites is 1. The Morgan fingerprint density at radius 1 is 1.11 bits per heavy atom. The van der Waals surface area contributed by atoms with Gasteiger partial charge in [-0.15, -0.1) is 0 Å². The van der Waals surface area contributed by atoms with Crippen LogP contribution in [0.3, 0.4) is 0 Å². The van der Waals surface area contributed by atoms with E-state index in [0.29, 0.717) is 24.7 Å². The molecular weight excluding hydrogens is 340 g/mol. The molecule has 0 aliphatic carbocycles. The quantitative estimate of drug-likeness (QED) is 0.570. The zero-order chi connectivity index (χ0) is 18.6. The van der Waals surface area contributed by atoms with Gasteiger partial charge in [0.1, 0.15) is 0 Å². The molecule has 0 aliphatic rings. The number of rotatable bonds is 6. The van der Waals surface area contributed by atoms with E-state index in [-0.39, 0.29) is 5.91 Å². The molecule has 6 heteroatoms. The number of nitrogens with zero attached hydrogens (tertiary/aromatic N) is 3.